The summed E-state index contributed by atoms with van der Waals surface area (Å²) in [5.41, 5.74) is 5.02. The molecule has 0 saturated heterocycles. The van der Waals surface area contributed by atoms with Crippen molar-refractivity contribution in [1.29, 1.82) is 0 Å². The Morgan fingerprint density at radius 2 is 1.76 bits per heavy atom. The highest BCUT2D eigenvalue weighted by Crippen LogP contribution is 2.39. The number of fused-ring (bicyclic) bond motifs is 2. The molecule has 1 aliphatic heterocycles. The van der Waals surface area contributed by atoms with Crippen molar-refractivity contribution in [2.24, 2.45) is 0 Å². The van der Waals surface area contributed by atoms with Crippen LogP contribution in [0.25, 0.3) is 22.1 Å². The second-order valence-electron chi connectivity index (χ2n) is 7.16. The topological polar surface area (TPSA) is 42.7 Å². The van der Waals surface area contributed by atoms with Crippen molar-refractivity contribution in [3.05, 3.63) is 93.3 Å². The number of benzene rings is 3. The van der Waals surface area contributed by atoms with Crippen molar-refractivity contribution in [2.45, 2.75) is 13.5 Å². The second kappa shape index (κ2) is 6.98. The molecule has 4 nitrogen and oxygen atoms in total. The first-order chi connectivity index (χ1) is 14.1. The third kappa shape index (κ3) is 3.15. The van der Waals surface area contributed by atoms with Crippen LogP contribution in [0.4, 0.5) is 5.69 Å². The maximum absolute atomic E-state index is 12.2. The Bertz CT molecular complexity index is 1260. The fraction of sp³-hybridized carbons (Fsp3) is 0.125. The van der Waals surface area contributed by atoms with Gasteiger partial charge in [0.15, 0.2) is 6.73 Å². The highest BCUT2D eigenvalue weighted by molar-refractivity contribution is 6.30. The smallest absolute Gasteiger partial charge is 0.336 e. The van der Waals surface area contributed by atoms with E-state index in [9.17, 15) is 4.79 Å². The van der Waals surface area contributed by atoms with Gasteiger partial charge in [-0.1, -0.05) is 41.9 Å². The number of hydrogen-bond acceptors (Lipinski definition) is 4. The van der Waals surface area contributed by atoms with E-state index >= 15 is 0 Å². The van der Waals surface area contributed by atoms with Crippen LogP contribution in [0.15, 0.2) is 75.9 Å². The molecule has 144 valence electrons. The standard InChI is InChI=1S/C24H18ClNO3/c1-15-23-17(13-26(14-28-23)19-9-7-18(25)8-10-19)11-21-20(12-22(27)29-24(15)21)16-5-3-2-4-6-16/h2-12H,13-14H2,1H3. The highest BCUT2D eigenvalue weighted by Gasteiger charge is 2.23. The van der Waals surface area contributed by atoms with Crippen LogP contribution in [0.1, 0.15) is 11.1 Å². The number of halogens is 1. The van der Waals surface area contributed by atoms with Crippen LogP contribution < -0.4 is 15.3 Å². The third-order valence-electron chi connectivity index (χ3n) is 5.29. The average Bonchev–Trinajstić information content (AvgIpc) is 2.75. The van der Waals surface area contributed by atoms with E-state index in [0.29, 0.717) is 23.9 Å². The van der Waals surface area contributed by atoms with Crippen molar-refractivity contribution in [3.63, 3.8) is 0 Å². The first kappa shape index (κ1) is 17.8. The molecule has 4 aromatic rings. The Morgan fingerprint density at radius 1 is 1.00 bits per heavy atom. The SMILES string of the molecule is Cc1c2c(cc3c(-c4ccccc4)cc(=O)oc13)CN(c1ccc(Cl)cc1)CO2. The third-order valence-corrected chi connectivity index (χ3v) is 5.55. The molecule has 0 N–H and O–H groups in total. The molecule has 1 aliphatic rings. The Morgan fingerprint density at radius 3 is 2.52 bits per heavy atom. The monoisotopic (exact) mass is 403 g/mol. The fourth-order valence-corrected chi connectivity index (χ4v) is 4.02. The molecule has 0 radical (unpaired) electrons. The molecule has 0 saturated carbocycles. The summed E-state index contributed by atoms with van der Waals surface area (Å²) in [6.07, 6.45) is 0. The van der Waals surface area contributed by atoms with Crippen LogP contribution in [0, 0.1) is 6.92 Å². The average molecular weight is 404 g/mol. The lowest BCUT2D eigenvalue weighted by molar-refractivity contribution is 0.287. The van der Waals surface area contributed by atoms with Crippen LogP contribution in [-0.2, 0) is 6.54 Å². The van der Waals surface area contributed by atoms with Gasteiger partial charge in [0, 0.05) is 39.8 Å². The quantitative estimate of drug-likeness (QED) is 0.398. The predicted octanol–water partition coefficient (Wildman–Crippen LogP) is 5.78. The summed E-state index contributed by atoms with van der Waals surface area (Å²) < 4.78 is 11.7. The van der Waals surface area contributed by atoms with Gasteiger partial charge in [-0.15, -0.1) is 0 Å². The van der Waals surface area contributed by atoms with E-state index in [1.807, 2.05) is 61.5 Å². The van der Waals surface area contributed by atoms with Crippen molar-refractivity contribution >= 4 is 28.3 Å². The summed E-state index contributed by atoms with van der Waals surface area (Å²) >= 11 is 6.02. The Balaban J connectivity index is 1.66. The minimum Gasteiger partial charge on any atom is -0.472 e. The zero-order valence-corrected chi connectivity index (χ0v) is 16.6. The lowest BCUT2D eigenvalue weighted by Gasteiger charge is -2.32. The summed E-state index contributed by atoms with van der Waals surface area (Å²) in [5, 5.41) is 1.62. The molecule has 0 unspecified atom stereocenters. The van der Waals surface area contributed by atoms with E-state index in [1.165, 1.54) is 0 Å². The first-order valence-corrected chi connectivity index (χ1v) is 9.77. The maximum Gasteiger partial charge on any atom is 0.336 e. The fourth-order valence-electron chi connectivity index (χ4n) is 3.89. The molecular weight excluding hydrogens is 386 g/mol. The molecule has 0 spiro atoms. The molecule has 2 heterocycles. The minimum absolute atomic E-state index is 0.363. The molecule has 0 aliphatic carbocycles. The minimum atomic E-state index is -0.363. The van der Waals surface area contributed by atoms with Gasteiger partial charge in [-0.2, -0.15) is 0 Å². The predicted molar refractivity (Wildman–Crippen MR) is 116 cm³/mol. The lowest BCUT2D eigenvalue weighted by Crippen LogP contribution is -2.32. The Labute approximate surface area is 172 Å². The van der Waals surface area contributed by atoms with Gasteiger partial charge in [0.1, 0.15) is 11.3 Å². The van der Waals surface area contributed by atoms with E-state index < -0.39 is 0 Å². The summed E-state index contributed by atoms with van der Waals surface area (Å²) in [6.45, 7) is 3.06. The molecule has 5 heteroatoms. The molecule has 0 bridgehead atoms. The molecule has 0 atom stereocenters. The van der Waals surface area contributed by atoms with Gasteiger partial charge in [0.05, 0.1) is 0 Å². The Kier molecular flexibility index (Phi) is 4.29. The molecule has 0 fully saturated rings. The van der Waals surface area contributed by atoms with Gasteiger partial charge in [0.25, 0.3) is 0 Å². The Hall–Kier alpha value is -3.24. The van der Waals surface area contributed by atoms with Crippen LogP contribution in [-0.4, -0.2) is 6.73 Å². The number of anilines is 1. The largest absolute Gasteiger partial charge is 0.472 e. The molecule has 5 rings (SSSR count). The normalized spacial score (nSPS) is 13.2. The maximum atomic E-state index is 12.2. The van der Waals surface area contributed by atoms with Gasteiger partial charge in [-0.25, -0.2) is 4.79 Å². The van der Waals surface area contributed by atoms with E-state index in [4.69, 9.17) is 20.8 Å². The van der Waals surface area contributed by atoms with Gasteiger partial charge >= 0.3 is 5.63 Å². The van der Waals surface area contributed by atoms with Crippen LogP contribution >= 0.6 is 11.6 Å². The van der Waals surface area contributed by atoms with Crippen LogP contribution in [0.5, 0.6) is 5.75 Å². The summed E-state index contributed by atoms with van der Waals surface area (Å²) in [7, 11) is 0. The van der Waals surface area contributed by atoms with Gasteiger partial charge in [0.2, 0.25) is 0 Å². The van der Waals surface area contributed by atoms with E-state index in [0.717, 1.165) is 39.1 Å². The number of ether oxygens (including phenoxy) is 1. The highest BCUT2D eigenvalue weighted by atomic mass is 35.5. The number of aryl methyl sites for hydroxylation is 1. The van der Waals surface area contributed by atoms with Gasteiger partial charge < -0.3 is 14.1 Å². The van der Waals surface area contributed by atoms with E-state index in [2.05, 4.69) is 11.0 Å². The lowest BCUT2D eigenvalue weighted by atomic mass is 9.97. The zero-order valence-electron chi connectivity index (χ0n) is 15.8. The summed E-state index contributed by atoms with van der Waals surface area (Å²) in [4.78, 5) is 14.4. The van der Waals surface area contributed by atoms with E-state index in [1.54, 1.807) is 6.07 Å². The second-order valence-corrected chi connectivity index (χ2v) is 7.60. The van der Waals surface area contributed by atoms with Crippen molar-refractivity contribution < 1.29 is 9.15 Å². The van der Waals surface area contributed by atoms with Crippen LogP contribution in [0.2, 0.25) is 5.02 Å². The van der Waals surface area contributed by atoms with Crippen molar-refractivity contribution in [2.75, 3.05) is 11.6 Å². The van der Waals surface area contributed by atoms with Crippen LogP contribution in [0.3, 0.4) is 0 Å². The molecule has 29 heavy (non-hydrogen) atoms. The number of rotatable bonds is 2. The summed E-state index contributed by atoms with van der Waals surface area (Å²) in [5.74, 6) is 0.788. The summed E-state index contributed by atoms with van der Waals surface area (Å²) in [6, 6.07) is 21.2. The molecular formula is C24H18ClNO3. The zero-order chi connectivity index (χ0) is 20.0. The van der Waals surface area contributed by atoms with Gasteiger partial charge in [-0.05, 0) is 48.4 Å². The molecule has 1 aromatic heterocycles. The van der Waals surface area contributed by atoms with E-state index in [-0.39, 0.29) is 5.63 Å². The van der Waals surface area contributed by atoms with Gasteiger partial charge in [-0.3, -0.25) is 0 Å². The van der Waals surface area contributed by atoms with Crippen molar-refractivity contribution in [1.82, 2.24) is 0 Å². The van der Waals surface area contributed by atoms with Crippen molar-refractivity contribution in [3.8, 4) is 16.9 Å². The number of hydrogen-bond donors (Lipinski definition) is 0. The number of nitrogens with zero attached hydrogens (tertiary/aromatic N) is 1. The molecule has 3 aromatic carbocycles. The first-order valence-electron chi connectivity index (χ1n) is 9.39. The molecule has 0 amide bonds.